The van der Waals surface area contributed by atoms with Crippen LogP contribution in [0.2, 0.25) is 0 Å². The van der Waals surface area contributed by atoms with E-state index in [1.165, 1.54) is 0 Å². The van der Waals surface area contributed by atoms with Gasteiger partial charge in [0.1, 0.15) is 0 Å². The molecule has 0 radical (unpaired) electrons. The van der Waals surface area contributed by atoms with Gasteiger partial charge in [-0.1, -0.05) is 25.5 Å². The Morgan fingerprint density at radius 1 is 1.36 bits per heavy atom. The molecule has 1 aromatic carbocycles. The Kier molecular flexibility index (Phi) is 5.70. The Morgan fingerprint density at radius 3 is 2.95 bits per heavy atom. The molecule has 2 heterocycles. The molecule has 0 aliphatic carbocycles. The molecule has 108 valence electrons. The number of hydrogen-bond donors (Lipinski definition) is 0. The van der Waals surface area contributed by atoms with Crippen molar-refractivity contribution in [1.82, 2.24) is 20.6 Å². The molecule has 8 heteroatoms. The summed E-state index contributed by atoms with van der Waals surface area (Å²) in [7, 11) is 0. The zero-order valence-electron chi connectivity index (χ0n) is 12.4. The summed E-state index contributed by atoms with van der Waals surface area (Å²) in [5.41, 5.74) is 0.122. The van der Waals surface area contributed by atoms with Crippen molar-refractivity contribution in [2.75, 3.05) is 6.61 Å². The number of para-hydroxylation sites is 1. The number of nitrogens with zero attached hydrogens (tertiary/aromatic N) is 4. The summed E-state index contributed by atoms with van der Waals surface area (Å²) in [5, 5.41) is 14.8. The van der Waals surface area contributed by atoms with Gasteiger partial charge in [0, 0.05) is 5.39 Å². The van der Waals surface area contributed by atoms with Crippen LogP contribution in [-0.4, -0.2) is 22.0 Å². The average Bonchev–Trinajstić information content (AvgIpc) is 3.01. The molecule has 0 aliphatic rings. The zero-order chi connectivity index (χ0) is 14.7. The average molecular weight is 308 g/mol. The van der Waals surface area contributed by atoms with E-state index in [0.29, 0.717) is 17.9 Å². The number of rotatable bonds is 5. The summed E-state index contributed by atoms with van der Waals surface area (Å²) in [6.45, 7) is 2.67. The summed E-state index contributed by atoms with van der Waals surface area (Å²) in [6, 6.07) is 7.11. The molecule has 0 atom stereocenters. The van der Waals surface area contributed by atoms with E-state index in [2.05, 4.69) is 27.5 Å². The predicted molar refractivity (Wildman–Crippen MR) is 75.0 cm³/mol. The van der Waals surface area contributed by atoms with Crippen LogP contribution in [0.3, 0.4) is 0 Å². The monoisotopic (exact) mass is 308 g/mol. The summed E-state index contributed by atoms with van der Waals surface area (Å²) in [4.78, 5) is 12.1. The smallest absolute Gasteiger partial charge is 0.490 e. The van der Waals surface area contributed by atoms with E-state index in [0.717, 1.165) is 18.2 Å². The maximum Gasteiger partial charge on any atom is 1.00 e. The fraction of sp³-hybridized carbons (Fsp3) is 0.286. The number of tetrazole rings is 1. The SMILES string of the molecule is CCCCOc1cccc2cc(-c3nn[n-]n3)c(=O)oc12.[Na+]. The van der Waals surface area contributed by atoms with Gasteiger partial charge in [-0.3, -0.25) is 10.4 Å². The van der Waals surface area contributed by atoms with Crippen LogP contribution in [0.1, 0.15) is 19.8 Å². The van der Waals surface area contributed by atoms with E-state index in [1.54, 1.807) is 12.1 Å². The minimum atomic E-state index is -0.538. The largest absolute Gasteiger partial charge is 1.00 e. The Balaban J connectivity index is 0.00000176. The number of unbranched alkanes of at least 4 members (excludes halogenated alkanes) is 1. The minimum Gasteiger partial charge on any atom is -0.490 e. The third-order valence-corrected chi connectivity index (χ3v) is 3.04. The van der Waals surface area contributed by atoms with Gasteiger partial charge in [0.05, 0.1) is 18.0 Å². The van der Waals surface area contributed by atoms with Gasteiger partial charge < -0.3 is 14.3 Å². The van der Waals surface area contributed by atoms with Gasteiger partial charge in [0.2, 0.25) is 0 Å². The van der Waals surface area contributed by atoms with E-state index in [4.69, 9.17) is 9.15 Å². The molecule has 2 aromatic heterocycles. The van der Waals surface area contributed by atoms with Crippen molar-refractivity contribution in [2.45, 2.75) is 19.8 Å². The molecular formula is C14H13N4NaO3. The molecule has 0 amide bonds. The Bertz CT molecular complexity index is 801. The standard InChI is InChI=1S/C14H13N4O3.Na/c1-2-3-7-20-11-6-4-5-9-8-10(13-15-17-18-16-13)14(19)21-12(9)11;/h4-6,8H,2-3,7H2,1H3;/q-1;+1. The number of benzene rings is 1. The van der Waals surface area contributed by atoms with Crippen molar-refractivity contribution in [1.29, 1.82) is 0 Å². The molecule has 7 nitrogen and oxygen atoms in total. The van der Waals surface area contributed by atoms with Crippen LogP contribution in [-0.2, 0) is 0 Å². The summed E-state index contributed by atoms with van der Waals surface area (Å²) < 4.78 is 11.0. The topological polar surface area (TPSA) is 92.2 Å². The van der Waals surface area contributed by atoms with Gasteiger partial charge in [0.25, 0.3) is 0 Å². The maximum absolute atomic E-state index is 12.1. The van der Waals surface area contributed by atoms with Crippen LogP contribution < -0.4 is 45.1 Å². The maximum atomic E-state index is 12.1. The quantitative estimate of drug-likeness (QED) is 0.331. The number of hydrogen-bond acceptors (Lipinski definition) is 6. The first-order valence-electron chi connectivity index (χ1n) is 6.68. The molecule has 0 saturated carbocycles. The van der Waals surface area contributed by atoms with E-state index in [-0.39, 0.29) is 40.9 Å². The zero-order valence-corrected chi connectivity index (χ0v) is 14.4. The number of aromatic nitrogens is 4. The third-order valence-electron chi connectivity index (χ3n) is 3.04. The molecule has 0 bridgehead atoms. The van der Waals surface area contributed by atoms with E-state index < -0.39 is 5.63 Å². The Hall–Kier alpha value is -1.70. The van der Waals surface area contributed by atoms with Crippen LogP contribution in [0.4, 0.5) is 0 Å². The van der Waals surface area contributed by atoms with Gasteiger partial charge in [0.15, 0.2) is 11.3 Å². The third kappa shape index (κ3) is 3.37. The molecule has 0 spiro atoms. The minimum absolute atomic E-state index is 0. The first-order valence-corrected chi connectivity index (χ1v) is 6.68. The molecule has 0 fully saturated rings. The van der Waals surface area contributed by atoms with Crippen molar-refractivity contribution in [3.8, 4) is 17.1 Å². The first kappa shape index (κ1) is 16.7. The molecule has 22 heavy (non-hydrogen) atoms. The van der Waals surface area contributed by atoms with Crippen LogP contribution in [0.25, 0.3) is 22.4 Å². The normalized spacial score (nSPS) is 10.4. The van der Waals surface area contributed by atoms with Crippen molar-refractivity contribution in [2.24, 2.45) is 0 Å². The van der Waals surface area contributed by atoms with Crippen molar-refractivity contribution < 1.29 is 38.7 Å². The molecular weight excluding hydrogens is 295 g/mol. The Labute approximate surface area is 148 Å². The molecule has 0 N–H and O–H groups in total. The van der Waals surface area contributed by atoms with Gasteiger partial charge in [-0.15, -0.1) is 0 Å². The molecule has 0 aliphatic heterocycles. The van der Waals surface area contributed by atoms with Crippen molar-refractivity contribution in [3.63, 3.8) is 0 Å². The summed E-state index contributed by atoms with van der Waals surface area (Å²) in [6.07, 6.45) is 1.98. The first-order chi connectivity index (χ1) is 10.3. The number of ether oxygens (including phenoxy) is 1. The molecule has 3 rings (SSSR count). The fourth-order valence-electron chi connectivity index (χ4n) is 1.97. The second-order valence-corrected chi connectivity index (χ2v) is 4.53. The van der Waals surface area contributed by atoms with Crippen LogP contribution in [0.15, 0.2) is 33.5 Å². The van der Waals surface area contributed by atoms with Crippen molar-refractivity contribution >= 4 is 11.0 Å². The number of fused-ring (bicyclic) bond motifs is 1. The van der Waals surface area contributed by atoms with Crippen LogP contribution in [0.5, 0.6) is 5.75 Å². The van der Waals surface area contributed by atoms with E-state index >= 15 is 0 Å². The van der Waals surface area contributed by atoms with Gasteiger partial charge >= 0.3 is 35.2 Å². The molecule has 3 aromatic rings. The second-order valence-electron chi connectivity index (χ2n) is 4.53. The van der Waals surface area contributed by atoms with E-state index in [1.807, 2.05) is 12.1 Å². The summed E-state index contributed by atoms with van der Waals surface area (Å²) in [5.74, 6) is 0.715. The fourth-order valence-corrected chi connectivity index (χ4v) is 1.97. The second kappa shape index (κ2) is 7.53. The predicted octanol–water partition coefficient (Wildman–Crippen LogP) is -1.21. The van der Waals surface area contributed by atoms with Crippen LogP contribution in [0, 0.1) is 0 Å². The van der Waals surface area contributed by atoms with Crippen molar-refractivity contribution in [3.05, 3.63) is 34.7 Å². The van der Waals surface area contributed by atoms with Gasteiger partial charge in [-0.2, -0.15) is 0 Å². The molecule has 0 saturated heterocycles. The van der Waals surface area contributed by atoms with Crippen LogP contribution >= 0.6 is 0 Å². The van der Waals surface area contributed by atoms with E-state index in [9.17, 15) is 4.79 Å². The molecule has 0 unspecified atom stereocenters. The van der Waals surface area contributed by atoms with Gasteiger partial charge in [-0.05, 0) is 18.6 Å². The Morgan fingerprint density at radius 2 is 2.23 bits per heavy atom. The summed E-state index contributed by atoms with van der Waals surface area (Å²) >= 11 is 0. The van der Waals surface area contributed by atoms with Gasteiger partial charge in [-0.25, -0.2) is 9.89 Å².